The highest BCUT2D eigenvalue weighted by atomic mass is 35.5. The average molecular weight is 261 g/mol. The lowest BCUT2D eigenvalue weighted by Gasteiger charge is -2.05. The summed E-state index contributed by atoms with van der Waals surface area (Å²) in [4.78, 5) is 11.5. The number of carbonyl (C=O) groups excluding carboxylic acids is 1. The first-order valence-electron chi connectivity index (χ1n) is 5.04. The van der Waals surface area contributed by atoms with Crippen LogP contribution in [0.3, 0.4) is 0 Å². The van der Waals surface area contributed by atoms with Gasteiger partial charge in [-0.05, 0) is 30.7 Å². The first-order chi connectivity index (χ1) is 7.63. The van der Waals surface area contributed by atoms with Gasteiger partial charge in [0.05, 0.1) is 16.5 Å². The molecule has 1 amide bonds. The Hall–Kier alpha value is -0.770. The lowest BCUT2D eigenvalue weighted by molar-refractivity contribution is -0.120. The first-order valence-corrected chi connectivity index (χ1v) is 5.79. The molecule has 88 valence electrons. The fourth-order valence-electron chi connectivity index (χ4n) is 1.23. The monoisotopic (exact) mass is 260 g/mol. The van der Waals surface area contributed by atoms with Gasteiger partial charge in [0.15, 0.2) is 0 Å². The first kappa shape index (κ1) is 13.3. The molecule has 16 heavy (non-hydrogen) atoms. The second-order valence-electron chi connectivity index (χ2n) is 3.42. The lowest BCUT2D eigenvalue weighted by atomic mass is 10.1. The molecule has 0 atom stereocenters. The van der Waals surface area contributed by atoms with Crippen molar-refractivity contribution in [2.75, 3.05) is 13.1 Å². The molecule has 3 nitrogen and oxygen atoms in total. The summed E-state index contributed by atoms with van der Waals surface area (Å²) in [5.41, 5.74) is 6.17. The Bertz CT molecular complexity index is 369. The smallest absolute Gasteiger partial charge is 0.224 e. The molecule has 1 aromatic carbocycles. The Kier molecular flexibility index (Phi) is 5.60. The molecule has 0 fully saturated rings. The predicted octanol–water partition coefficient (Wildman–Crippen LogP) is 2.00. The van der Waals surface area contributed by atoms with Gasteiger partial charge < -0.3 is 11.1 Å². The van der Waals surface area contributed by atoms with Crippen molar-refractivity contribution in [2.45, 2.75) is 12.8 Å². The maximum Gasteiger partial charge on any atom is 0.224 e. The van der Waals surface area contributed by atoms with Crippen LogP contribution < -0.4 is 11.1 Å². The van der Waals surface area contributed by atoms with Crippen molar-refractivity contribution in [2.24, 2.45) is 5.73 Å². The Morgan fingerprint density at radius 3 is 2.69 bits per heavy atom. The Morgan fingerprint density at radius 2 is 2.06 bits per heavy atom. The van der Waals surface area contributed by atoms with Crippen LogP contribution in [0.1, 0.15) is 12.0 Å². The molecular formula is C11H14Cl2N2O. The minimum absolute atomic E-state index is 0.0353. The SMILES string of the molecule is NCCCNC(=O)Cc1ccc(Cl)c(Cl)c1. The van der Waals surface area contributed by atoms with Gasteiger partial charge in [-0.3, -0.25) is 4.79 Å². The molecule has 0 aliphatic heterocycles. The molecule has 0 saturated heterocycles. The Balaban J connectivity index is 2.46. The third-order valence-corrected chi connectivity index (χ3v) is 2.79. The number of rotatable bonds is 5. The zero-order chi connectivity index (χ0) is 12.0. The summed E-state index contributed by atoms with van der Waals surface area (Å²) in [6, 6.07) is 5.18. The van der Waals surface area contributed by atoms with E-state index >= 15 is 0 Å². The van der Waals surface area contributed by atoms with Crippen molar-refractivity contribution >= 4 is 29.1 Å². The van der Waals surface area contributed by atoms with Crippen LogP contribution in [0.2, 0.25) is 10.0 Å². The van der Waals surface area contributed by atoms with E-state index in [-0.39, 0.29) is 5.91 Å². The van der Waals surface area contributed by atoms with Gasteiger partial charge in [0, 0.05) is 6.54 Å². The van der Waals surface area contributed by atoms with E-state index in [1.165, 1.54) is 0 Å². The van der Waals surface area contributed by atoms with E-state index in [1.54, 1.807) is 18.2 Å². The zero-order valence-electron chi connectivity index (χ0n) is 8.80. The molecule has 5 heteroatoms. The van der Waals surface area contributed by atoms with Gasteiger partial charge in [0.2, 0.25) is 5.91 Å². The van der Waals surface area contributed by atoms with Crippen LogP contribution in [0.4, 0.5) is 0 Å². The van der Waals surface area contributed by atoms with E-state index in [9.17, 15) is 4.79 Å². The molecule has 0 bridgehead atoms. The molecule has 0 aliphatic rings. The molecule has 0 aromatic heterocycles. The van der Waals surface area contributed by atoms with Crippen molar-refractivity contribution in [1.29, 1.82) is 0 Å². The topological polar surface area (TPSA) is 55.1 Å². The van der Waals surface area contributed by atoms with Crippen LogP contribution in [0.25, 0.3) is 0 Å². The molecule has 0 saturated carbocycles. The third-order valence-electron chi connectivity index (χ3n) is 2.05. The lowest BCUT2D eigenvalue weighted by Crippen LogP contribution is -2.27. The maximum absolute atomic E-state index is 11.5. The van der Waals surface area contributed by atoms with Crippen molar-refractivity contribution in [3.05, 3.63) is 33.8 Å². The minimum Gasteiger partial charge on any atom is -0.356 e. The highest BCUT2D eigenvalue weighted by Crippen LogP contribution is 2.22. The second kappa shape index (κ2) is 6.74. The summed E-state index contributed by atoms with van der Waals surface area (Å²) < 4.78 is 0. The van der Waals surface area contributed by atoms with E-state index in [1.807, 2.05) is 0 Å². The van der Waals surface area contributed by atoms with Gasteiger partial charge >= 0.3 is 0 Å². The van der Waals surface area contributed by atoms with Crippen LogP contribution >= 0.6 is 23.2 Å². The van der Waals surface area contributed by atoms with Crippen molar-refractivity contribution in [3.8, 4) is 0 Å². The summed E-state index contributed by atoms with van der Waals surface area (Å²) in [5.74, 6) is -0.0353. The summed E-state index contributed by atoms with van der Waals surface area (Å²) in [7, 11) is 0. The molecule has 0 spiro atoms. The van der Waals surface area contributed by atoms with Gasteiger partial charge in [0.1, 0.15) is 0 Å². The van der Waals surface area contributed by atoms with Crippen LogP contribution in [0, 0.1) is 0 Å². The van der Waals surface area contributed by atoms with E-state index in [2.05, 4.69) is 5.32 Å². The van der Waals surface area contributed by atoms with Gasteiger partial charge in [-0.25, -0.2) is 0 Å². The molecule has 0 aliphatic carbocycles. The predicted molar refractivity (Wildman–Crippen MR) is 66.8 cm³/mol. The Labute approximate surface area is 105 Å². The molecule has 0 heterocycles. The quantitative estimate of drug-likeness (QED) is 0.796. The fraction of sp³-hybridized carbons (Fsp3) is 0.364. The summed E-state index contributed by atoms with van der Waals surface area (Å²) >= 11 is 11.6. The zero-order valence-corrected chi connectivity index (χ0v) is 10.3. The number of amides is 1. The number of benzene rings is 1. The number of hydrogen-bond acceptors (Lipinski definition) is 2. The summed E-state index contributed by atoms with van der Waals surface area (Å²) in [6.07, 6.45) is 1.09. The van der Waals surface area contributed by atoms with Crippen LogP contribution in [-0.4, -0.2) is 19.0 Å². The number of hydrogen-bond donors (Lipinski definition) is 2. The van der Waals surface area contributed by atoms with E-state index in [0.717, 1.165) is 12.0 Å². The summed E-state index contributed by atoms with van der Waals surface area (Å²) in [6.45, 7) is 1.18. The standard InChI is InChI=1S/C11H14Cl2N2O/c12-9-3-2-8(6-10(9)13)7-11(16)15-5-1-4-14/h2-3,6H,1,4-5,7,14H2,(H,15,16). The van der Waals surface area contributed by atoms with Crippen molar-refractivity contribution in [3.63, 3.8) is 0 Å². The van der Waals surface area contributed by atoms with Crippen LogP contribution in [0.15, 0.2) is 18.2 Å². The van der Waals surface area contributed by atoms with Crippen molar-refractivity contribution in [1.82, 2.24) is 5.32 Å². The Morgan fingerprint density at radius 1 is 1.31 bits per heavy atom. The van der Waals surface area contributed by atoms with Gasteiger partial charge in [-0.1, -0.05) is 29.3 Å². The average Bonchev–Trinajstić information content (AvgIpc) is 2.24. The molecular weight excluding hydrogens is 247 g/mol. The number of nitrogens with two attached hydrogens (primary N) is 1. The molecule has 0 unspecified atom stereocenters. The van der Waals surface area contributed by atoms with E-state index in [0.29, 0.717) is 29.6 Å². The highest BCUT2D eigenvalue weighted by molar-refractivity contribution is 6.42. The largest absolute Gasteiger partial charge is 0.356 e. The normalized spacial score (nSPS) is 10.2. The number of nitrogens with one attached hydrogen (secondary N) is 1. The summed E-state index contributed by atoms with van der Waals surface area (Å²) in [5, 5.41) is 3.73. The van der Waals surface area contributed by atoms with Crippen molar-refractivity contribution < 1.29 is 4.79 Å². The van der Waals surface area contributed by atoms with Gasteiger partial charge in [0.25, 0.3) is 0 Å². The molecule has 1 rings (SSSR count). The van der Waals surface area contributed by atoms with E-state index < -0.39 is 0 Å². The van der Waals surface area contributed by atoms with Crippen LogP contribution in [0.5, 0.6) is 0 Å². The minimum atomic E-state index is -0.0353. The van der Waals surface area contributed by atoms with Crippen LogP contribution in [-0.2, 0) is 11.2 Å². The maximum atomic E-state index is 11.5. The highest BCUT2D eigenvalue weighted by Gasteiger charge is 2.04. The third kappa shape index (κ3) is 4.39. The van der Waals surface area contributed by atoms with E-state index in [4.69, 9.17) is 28.9 Å². The fourth-order valence-corrected chi connectivity index (χ4v) is 1.55. The molecule has 3 N–H and O–H groups in total. The second-order valence-corrected chi connectivity index (χ2v) is 4.23. The molecule has 0 radical (unpaired) electrons. The van der Waals surface area contributed by atoms with Gasteiger partial charge in [-0.2, -0.15) is 0 Å². The molecule has 1 aromatic rings. The van der Waals surface area contributed by atoms with Gasteiger partial charge in [-0.15, -0.1) is 0 Å². The number of carbonyl (C=O) groups is 1. The number of halogens is 2.